The van der Waals surface area contributed by atoms with E-state index < -0.39 is 0 Å². The summed E-state index contributed by atoms with van der Waals surface area (Å²) in [5.74, 6) is 8.34. The highest BCUT2D eigenvalue weighted by molar-refractivity contribution is 5.76. The minimum absolute atomic E-state index is 0.148. The Morgan fingerprint density at radius 1 is 0.957 bits per heavy atom. The fourth-order valence-corrected chi connectivity index (χ4v) is 9.62. The van der Waals surface area contributed by atoms with Crippen molar-refractivity contribution >= 4 is 5.97 Å². The van der Waals surface area contributed by atoms with Gasteiger partial charge in [0, 0.05) is 5.92 Å². The lowest BCUT2D eigenvalue weighted by Gasteiger charge is -2.56. The summed E-state index contributed by atoms with van der Waals surface area (Å²) in [7, 11) is 0. The van der Waals surface area contributed by atoms with Gasteiger partial charge in [-0.3, -0.25) is 4.79 Å². The highest BCUT2D eigenvalue weighted by Gasteiger charge is 2.75. The first-order valence-electron chi connectivity index (χ1n) is 10.1. The summed E-state index contributed by atoms with van der Waals surface area (Å²) >= 11 is 0. The Morgan fingerprint density at radius 2 is 1.65 bits per heavy atom. The number of carbonyl (C=O) groups is 1. The molecule has 0 aromatic carbocycles. The average Bonchev–Trinajstić information content (AvgIpc) is 3.20. The average molecular weight is 316 g/mol. The van der Waals surface area contributed by atoms with E-state index in [9.17, 15) is 4.79 Å². The van der Waals surface area contributed by atoms with Gasteiger partial charge in [0.1, 0.15) is 0 Å². The zero-order valence-corrected chi connectivity index (χ0v) is 15.3. The van der Waals surface area contributed by atoms with Crippen LogP contribution in [0.5, 0.6) is 0 Å². The van der Waals surface area contributed by atoms with Crippen LogP contribution < -0.4 is 0 Å². The molecule has 5 fully saturated rings. The summed E-state index contributed by atoms with van der Waals surface area (Å²) in [4.78, 5) is 12.2. The molecule has 4 bridgehead atoms. The molecule has 0 aromatic heterocycles. The molecule has 2 heteroatoms. The van der Waals surface area contributed by atoms with Crippen LogP contribution in [0.4, 0.5) is 0 Å². The van der Waals surface area contributed by atoms with Gasteiger partial charge in [0.05, 0.1) is 12.5 Å². The van der Waals surface area contributed by atoms with Gasteiger partial charge in [-0.1, -0.05) is 34.6 Å². The second-order valence-corrected chi connectivity index (χ2v) is 10.1. The van der Waals surface area contributed by atoms with Crippen molar-refractivity contribution in [1.82, 2.24) is 0 Å². The van der Waals surface area contributed by atoms with Gasteiger partial charge < -0.3 is 4.74 Å². The third kappa shape index (κ3) is 1.39. The zero-order valence-electron chi connectivity index (χ0n) is 15.3. The molecule has 2 nitrogen and oxygen atoms in total. The van der Waals surface area contributed by atoms with Crippen molar-refractivity contribution in [3.8, 4) is 0 Å². The van der Waals surface area contributed by atoms with Crippen LogP contribution in [0.3, 0.4) is 0 Å². The summed E-state index contributed by atoms with van der Waals surface area (Å²) < 4.78 is 5.49. The third-order valence-corrected chi connectivity index (χ3v) is 9.70. The van der Waals surface area contributed by atoms with Gasteiger partial charge in [-0.25, -0.2) is 0 Å². The Kier molecular flexibility index (Phi) is 2.80. The van der Waals surface area contributed by atoms with Crippen molar-refractivity contribution in [3.05, 3.63) is 0 Å². The third-order valence-electron chi connectivity index (χ3n) is 9.70. The largest absolute Gasteiger partial charge is 0.465 e. The first-order chi connectivity index (χ1) is 10.9. The van der Waals surface area contributed by atoms with Crippen molar-refractivity contribution in [3.63, 3.8) is 0 Å². The predicted octanol–water partition coefficient (Wildman–Crippen LogP) is 4.24. The second-order valence-electron chi connectivity index (χ2n) is 10.1. The van der Waals surface area contributed by atoms with E-state index in [4.69, 9.17) is 4.74 Å². The monoisotopic (exact) mass is 316 g/mol. The van der Waals surface area contributed by atoms with Crippen LogP contribution in [0.15, 0.2) is 0 Å². The van der Waals surface area contributed by atoms with Gasteiger partial charge >= 0.3 is 5.97 Å². The maximum Gasteiger partial charge on any atom is 0.309 e. The van der Waals surface area contributed by atoms with Crippen LogP contribution in [0.1, 0.15) is 47.5 Å². The minimum atomic E-state index is 0.148. The van der Waals surface area contributed by atoms with Crippen molar-refractivity contribution in [2.45, 2.75) is 47.5 Å². The van der Waals surface area contributed by atoms with E-state index in [1.54, 1.807) is 0 Å². The molecule has 4 aliphatic carbocycles. The van der Waals surface area contributed by atoms with Crippen LogP contribution in [0, 0.1) is 70.5 Å². The Bertz CT molecular complexity index is 542. The molecular formula is C21H32O2. The predicted molar refractivity (Wildman–Crippen MR) is 89.4 cm³/mol. The molecule has 5 aliphatic rings. The summed E-state index contributed by atoms with van der Waals surface area (Å²) in [6, 6.07) is 0. The molecule has 5 rings (SSSR count). The van der Waals surface area contributed by atoms with Crippen LogP contribution >= 0.6 is 0 Å². The molecule has 128 valence electrons. The van der Waals surface area contributed by atoms with Crippen LogP contribution in [0.25, 0.3) is 0 Å². The Morgan fingerprint density at radius 3 is 2.30 bits per heavy atom. The number of hydrogen-bond donors (Lipinski definition) is 0. The van der Waals surface area contributed by atoms with Crippen molar-refractivity contribution in [2.24, 2.45) is 70.5 Å². The maximum absolute atomic E-state index is 12.2. The minimum Gasteiger partial charge on any atom is -0.465 e. The molecule has 0 spiro atoms. The molecule has 4 saturated carbocycles. The van der Waals surface area contributed by atoms with Crippen molar-refractivity contribution < 1.29 is 9.53 Å². The Balaban J connectivity index is 1.57. The van der Waals surface area contributed by atoms with E-state index in [1.807, 2.05) is 0 Å². The van der Waals surface area contributed by atoms with E-state index in [1.165, 1.54) is 12.8 Å². The van der Waals surface area contributed by atoms with E-state index in [2.05, 4.69) is 34.6 Å². The molecule has 0 amide bonds. The van der Waals surface area contributed by atoms with Crippen molar-refractivity contribution in [2.75, 3.05) is 6.61 Å². The van der Waals surface area contributed by atoms with Gasteiger partial charge in [0.2, 0.25) is 0 Å². The molecule has 23 heavy (non-hydrogen) atoms. The number of cyclic esters (lactones) is 1. The van der Waals surface area contributed by atoms with E-state index in [0.717, 1.165) is 54.0 Å². The smallest absolute Gasteiger partial charge is 0.309 e. The molecule has 0 aromatic rings. The second kappa shape index (κ2) is 4.35. The molecule has 9 atom stereocenters. The molecule has 1 heterocycles. The molecule has 0 N–H and O–H groups in total. The van der Waals surface area contributed by atoms with E-state index in [0.29, 0.717) is 17.3 Å². The fraction of sp³-hybridized carbons (Fsp3) is 0.952. The fourth-order valence-electron chi connectivity index (χ4n) is 9.62. The lowest BCUT2D eigenvalue weighted by Crippen LogP contribution is -2.52. The quantitative estimate of drug-likeness (QED) is 0.562. The Hall–Kier alpha value is -0.530. The van der Waals surface area contributed by atoms with Crippen LogP contribution in [-0.2, 0) is 9.53 Å². The standard InChI is InChI=1S/C21H32O2/c1-9(2)21(10(3)4)11(5)12-7-16(21)19-13-6-14(17(12)19)18-15(13)8-23-20(18)22/h9-19H,6-8H2,1-5H3. The number of carbonyl (C=O) groups excluding carboxylic acids is 1. The first kappa shape index (κ1) is 14.8. The topological polar surface area (TPSA) is 26.3 Å². The van der Waals surface area contributed by atoms with Gasteiger partial charge in [0.15, 0.2) is 0 Å². The molecule has 1 aliphatic heterocycles. The SMILES string of the molecule is CC(C)C1(C(C)C)C(C)C2CC1C1C3CC(C4C(=O)OCC34)C21. The number of ether oxygens (including phenoxy) is 1. The first-order valence-corrected chi connectivity index (χ1v) is 10.1. The van der Waals surface area contributed by atoms with Gasteiger partial charge in [0.25, 0.3) is 0 Å². The van der Waals surface area contributed by atoms with E-state index in [-0.39, 0.29) is 11.9 Å². The highest BCUT2D eigenvalue weighted by atomic mass is 16.5. The van der Waals surface area contributed by atoms with Crippen LogP contribution in [-0.4, -0.2) is 12.6 Å². The summed E-state index contributed by atoms with van der Waals surface area (Å²) in [5.41, 5.74) is 0.523. The lowest BCUT2D eigenvalue weighted by atomic mass is 9.48. The summed E-state index contributed by atoms with van der Waals surface area (Å²) in [6.45, 7) is 13.2. The molecular weight excluding hydrogens is 284 g/mol. The van der Waals surface area contributed by atoms with Gasteiger partial charge in [-0.15, -0.1) is 0 Å². The lowest BCUT2D eigenvalue weighted by molar-refractivity contribution is -0.144. The van der Waals surface area contributed by atoms with Crippen molar-refractivity contribution in [1.29, 1.82) is 0 Å². The number of esters is 1. The molecule has 1 saturated heterocycles. The summed E-state index contributed by atoms with van der Waals surface area (Å²) in [5, 5.41) is 0. The highest BCUT2D eigenvalue weighted by Crippen LogP contribution is 2.78. The zero-order chi connectivity index (χ0) is 16.3. The van der Waals surface area contributed by atoms with Gasteiger partial charge in [-0.05, 0) is 71.5 Å². The van der Waals surface area contributed by atoms with Gasteiger partial charge in [-0.2, -0.15) is 0 Å². The Labute approximate surface area is 140 Å². The summed E-state index contributed by atoms with van der Waals surface area (Å²) in [6.07, 6.45) is 2.79. The number of rotatable bonds is 2. The van der Waals surface area contributed by atoms with Crippen LogP contribution in [0.2, 0.25) is 0 Å². The molecule has 0 radical (unpaired) electrons. The number of hydrogen-bond acceptors (Lipinski definition) is 2. The number of fused-ring (bicyclic) bond motifs is 12. The normalized spacial score (nSPS) is 54.9. The van der Waals surface area contributed by atoms with E-state index >= 15 is 0 Å². The maximum atomic E-state index is 12.2. The molecule has 9 unspecified atom stereocenters.